The van der Waals surface area contributed by atoms with Gasteiger partial charge in [-0.05, 0) is 26.3 Å². The molecule has 1 saturated heterocycles. The zero-order chi connectivity index (χ0) is 10.4. The first-order valence-electron chi connectivity index (χ1n) is 5.46. The molecule has 0 spiro atoms. The average Bonchev–Trinajstić information content (AvgIpc) is 2.26. The Morgan fingerprint density at radius 1 is 1.57 bits per heavy atom. The highest BCUT2D eigenvalue weighted by atomic mass is 16.2. The Morgan fingerprint density at radius 3 is 2.93 bits per heavy atom. The normalized spacial score (nSPS) is 21.7. The highest BCUT2D eigenvalue weighted by molar-refractivity contribution is 5.73. The Hall–Kier alpha value is -0.770. The van der Waals surface area contributed by atoms with Gasteiger partial charge in [-0.2, -0.15) is 0 Å². The minimum Gasteiger partial charge on any atom is -0.336 e. The van der Waals surface area contributed by atoms with Crippen molar-refractivity contribution in [1.82, 2.24) is 15.5 Å². The van der Waals surface area contributed by atoms with E-state index in [9.17, 15) is 4.79 Å². The van der Waals surface area contributed by atoms with Crippen molar-refractivity contribution >= 4 is 6.03 Å². The molecular weight excluding hydrogens is 178 g/mol. The number of carbonyl (C=O) groups is 1. The lowest BCUT2D eigenvalue weighted by Gasteiger charge is -2.24. The predicted octanol–water partition coefficient (Wildman–Crippen LogP) is 0.790. The van der Waals surface area contributed by atoms with E-state index in [0.717, 1.165) is 19.6 Å². The van der Waals surface area contributed by atoms with Gasteiger partial charge in [-0.3, -0.25) is 0 Å². The zero-order valence-electron chi connectivity index (χ0n) is 9.18. The van der Waals surface area contributed by atoms with Crippen molar-refractivity contribution < 1.29 is 4.79 Å². The highest BCUT2D eigenvalue weighted by Gasteiger charge is 2.14. The largest absolute Gasteiger partial charge is 0.336 e. The van der Waals surface area contributed by atoms with Crippen LogP contribution in [0.2, 0.25) is 0 Å². The summed E-state index contributed by atoms with van der Waals surface area (Å²) in [6, 6.07) is 0.498. The van der Waals surface area contributed by atoms with Crippen molar-refractivity contribution in [2.75, 3.05) is 26.7 Å². The van der Waals surface area contributed by atoms with Gasteiger partial charge in [0.05, 0.1) is 0 Å². The fraction of sp³-hybridized carbons (Fsp3) is 0.900. The van der Waals surface area contributed by atoms with Crippen LogP contribution in [-0.4, -0.2) is 43.7 Å². The maximum absolute atomic E-state index is 11.4. The van der Waals surface area contributed by atoms with Crippen molar-refractivity contribution in [2.45, 2.75) is 32.2 Å². The van der Waals surface area contributed by atoms with Crippen LogP contribution < -0.4 is 10.6 Å². The van der Waals surface area contributed by atoms with Gasteiger partial charge >= 0.3 is 6.03 Å². The molecular formula is C10H21N3O. The van der Waals surface area contributed by atoms with E-state index in [2.05, 4.69) is 10.6 Å². The van der Waals surface area contributed by atoms with Gasteiger partial charge in [-0.1, -0.05) is 6.42 Å². The minimum atomic E-state index is 0.0277. The van der Waals surface area contributed by atoms with Crippen LogP contribution in [0.1, 0.15) is 26.2 Å². The molecule has 0 aromatic carbocycles. The summed E-state index contributed by atoms with van der Waals surface area (Å²) in [6.07, 6.45) is 3.71. The summed E-state index contributed by atoms with van der Waals surface area (Å²) in [5.41, 5.74) is 0. The summed E-state index contributed by atoms with van der Waals surface area (Å²) in [5, 5.41) is 6.33. The van der Waals surface area contributed by atoms with Crippen molar-refractivity contribution in [2.24, 2.45) is 0 Å². The Morgan fingerprint density at radius 2 is 2.36 bits per heavy atom. The first-order valence-corrected chi connectivity index (χ1v) is 5.46. The van der Waals surface area contributed by atoms with E-state index in [-0.39, 0.29) is 6.03 Å². The first-order chi connectivity index (χ1) is 6.74. The van der Waals surface area contributed by atoms with E-state index < -0.39 is 0 Å². The van der Waals surface area contributed by atoms with Gasteiger partial charge in [-0.25, -0.2) is 4.79 Å². The van der Waals surface area contributed by atoms with Crippen LogP contribution in [0.3, 0.4) is 0 Å². The molecule has 2 N–H and O–H groups in total. The summed E-state index contributed by atoms with van der Waals surface area (Å²) >= 11 is 0. The van der Waals surface area contributed by atoms with Gasteiger partial charge in [-0.15, -0.1) is 0 Å². The molecule has 4 nitrogen and oxygen atoms in total. The topological polar surface area (TPSA) is 44.4 Å². The molecule has 0 radical (unpaired) electrons. The molecule has 2 amide bonds. The third kappa shape index (κ3) is 3.54. The summed E-state index contributed by atoms with van der Waals surface area (Å²) in [7, 11) is 1.81. The minimum absolute atomic E-state index is 0.0277. The second-order valence-corrected chi connectivity index (χ2v) is 3.85. The van der Waals surface area contributed by atoms with Crippen molar-refractivity contribution in [3.05, 3.63) is 0 Å². The Kier molecular flexibility index (Phi) is 4.73. The smallest absolute Gasteiger partial charge is 0.317 e. The van der Waals surface area contributed by atoms with Crippen LogP contribution >= 0.6 is 0 Å². The van der Waals surface area contributed by atoms with Crippen LogP contribution in [0.25, 0.3) is 0 Å². The van der Waals surface area contributed by atoms with Gasteiger partial charge in [0.2, 0.25) is 0 Å². The number of nitrogens with one attached hydrogen (secondary N) is 2. The number of hydrogen-bond acceptors (Lipinski definition) is 2. The third-order valence-electron chi connectivity index (χ3n) is 2.73. The van der Waals surface area contributed by atoms with Gasteiger partial charge < -0.3 is 15.5 Å². The summed E-state index contributed by atoms with van der Waals surface area (Å²) in [5.74, 6) is 0. The molecule has 1 atom stereocenters. The van der Waals surface area contributed by atoms with Crippen LogP contribution in [-0.2, 0) is 0 Å². The zero-order valence-corrected chi connectivity index (χ0v) is 9.18. The lowest BCUT2D eigenvalue weighted by Crippen LogP contribution is -2.46. The molecule has 82 valence electrons. The Labute approximate surface area is 86.0 Å². The van der Waals surface area contributed by atoms with Crippen LogP contribution in [0.15, 0.2) is 0 Å². The van der Waals surface area contributed by atoms with E-state index in [1.807, 2.05) is 14.0 Å². The number of urea groups is 1. The highest BCUT2D eigenvalue weighted by Crippen LogP contribution is 2.05. The van der Waals surface area contributed by atoms with Gasteiger partial charge in [0, 0.05) is 26.2 Å². The summed E-state index contributed by atoms with van der Waals surface area (Å²) < 4.78 is 0. The Bertz CT molecular complexity index is 178. The second kappa shape index (κ2) is 5.86. The molecule has 0 aromatic rings. The predicted molar refractivity (Wildman–Crippen MR) is 57.3 cm³/mol. The van der Waals surface area contributed by atoms with Gasteiger partial charge in [0.1, 0.15) is 0 Å². The SMILES string of the molecule is CCN(C)C(=O)NCC1CCCCN1. The average molecular weight is 199 g/mol. The molecule has 1 rings (SSSR count). The molecule has 0 bridgehead atoms. The molecule has 0 saturated carbocycles. The molecule has 1 fully saturated rings. The number of carbonyl (C=O) groups excluding carboxylic acids is 1. The van der Waals surface area contributed by atoms with Crippen molar-refractivity contribution in [3.8, 4) is 0 Å². The third-order valence-corrected chi connectivity index (χ3v) is 2.73. The van der Waals surface area contributed by atoms with Crippen molar-refractivity contribution in [1.29, 1.82) is 0 Å². The van der Waals surface area contributed by atoms with Crippen LogP contribution in [0.4, 0.5) is 4.79 Å². The Balaban J connectivity index is 2.15. The molecule has 1 aliphatic rings. The molecule has 1 unspecified atom stereocenters. The van der Waals surface area contributed by atoms with E-state index >= 15 is 0 Å². The molecule has 14 heavy (non-hydrogen) atoms. The standard InChI is InChI=1S/C10H21N3O/c1-3-13(2)10(14)12-8-9-6-4-5-7-11-9/h9,11H,3-8H2,1-2H3,(H,12,14). The van der Waals surface area contributed by atoms with Gasteiger partial charge in [0.15, 0.2) is 0 Å². The lowest BCUT2D eigenvalue weighted by atomic mass is 10.1. The number of rotatable bonds is 3. The monoisotopic (exact) mass is 199 g/mol. The quantitative estimate of drug-likeness (QED) is 0.706. The van der Waals surface area contributed by atoms with Crippen molar-refractivity contribution in [3.63, 3.8) is 0 Å². The molecule has 1 heterocycles. The van der Waals surface area contributed by atoms with Crippen LogP contribution in [0, 0.1) is 0 Å². The number of piperidine rings is 1. The molecule has 0 aromatic heterocycles. The fourth-order valence-corrected chi connectivity index (χ4v) is 1.59. The van der Waals surface area contributed by atoms with E-state index in [1.165, 1.54) is 19.3 Å². The fourth-order valence-electron chi connectivity index (χ4n) is 1.59. The maximum Gasteiger partial charge on any atom is 0.317 e. The first kappa shape index (κ1) is 11.3. The lowest BCUT2D eigenvalue weighted by molar-refractivity contribution is 0.208. The number of hydrogen-bond donors (Lipinski definition) is 2. The molecule has 1 aliphatic heterocycles. The molecule has 0 aliphatic carbocycles. The van der Waals surface area contributed by atoms with Crippen LogP contribution in [0.5, 0.6) is 0 Å². The number of amides is 2. The van der Waals surface area contributed by atoms with Gasteiger partial charge in [0.25, 0.3) is 0 Å². The maximum atomic E-state index is 11.4. The van der Waals surface area contributed by atoms with E-state index in [1.54, 1.807) is 4.90 Å². The summed E-state index contributed by atoms with van der Waals surface area (Å²) in [4.78, 5) is 13.1. The van der Waals surface area contributed by atoms with E-state index in [4.69, 9.17) is 0 Å². The van der Waals surface area contributed by atoms with E-state index in [0.29, 0.717) is 6.04 Å². The number of nitrogens with zero attached hydrogens (tertiary/aromatic N) is 1. The second-order valence-electron chi connectivity index (χ2n) is 3.85. The molecule has 4 heteroatoms. The summed E-state index contributed by atoms with van der Waals surface area (Å²) in [6.45, 7) is 4.57.